The normalized spacial score (nSPS) is 23.3. The maximum absolute atomic E-state index is 10.5. The zero-order valence-electron chi connectivity index (χ0n) is 29.7. The van der Waals surface area contributed by atoms with Crippen molar-refractivity contribution >= 4 is 0 Å². The summed E-state index contributed by atoms with van der Waals surface area (Å²) in [6.07, 6.45) is -10.3. The summed E-state index contributed by atoms with van der Waals surface area (Å²) in [4.78, 5) is 0. The fourth-order valence-corrected chi connectivity index (χ4v) is 1.67. The molecule has 0 saturated carbocycles. The first-order valence-electron chi connectivity index (χ1n) is 15.2. The third kappa shape index (κ3) is 6.31. The number of hydrogen-bond acceptors (Lipinski definition) is 4. The molecule has 0 radical (unpaired) electrons. The molecule has 25 heavy (non-hydrogen) atoms. The second-order valence-electron chi connectivity index (χ2n) is 4.74. The van der Waals surface area contributed by atoms with Crippen LogP contribution in [0.15, 0.2) is 42.3 Å². The van der Waals surface area contributed by atoms with Crippen LogP contribution < -0.4 is 14.2 Å². The topological polar surface area (TPSA) is 47.9 Å². The molecule has 2 aromatic rings. The van der Waals surface area contributed by atoms with Gasteiger partial charge in [0.1, 0.15) is 12.3 Å². The lowest BCUT2D eigenvalue weighted by Gasteiger charge is -2.13. The van der Waals surface area contributed by atoms with Crippen molar-refractivity contribution in [1.82, 2.24) is 0 Å². The smallest absolute Gasteiger partial charge is 0.160 e. The van der Waals surface area contributed by atoms with Crippen molar-refractivity contribution < 1.29 is 41.2 Å². The molecule has 1 unspecified atom stereocenters. The Labute approximate surface area is 172 Å². The molecular formula is C21H28O4. The van der Waals surface area contributed by atoms with E-state index in [2.05, 4.69) is 0 Å². The van der Waals surface area contributed by atoms with Crippen molar-refractivity contribution in [1.29, 1.82) is 0 Å². The van der Waals surface area contributed by atoms with E-state index in [0.29, 0.717) is 0 Å². The van der Waals surface area contributed by atoms with Crippen LogP contribution in [0.25, 0.3) is 0 Å². The molecular weight excluding hydrogens is 316 g/mol. The van der Waals surface area contributed by atoms with Crippen molar-refractivity contribution in [2.75, 3.05) is 20.7 Å². The fraction of sp³-hybridized carbons (Fsp3) is 0.429. The Morgan fingerprint density at radius 2 is 2.08 bits per heavy atom. The SMILES string of the molecule is [2H]c1c([2H])c(C)c([2H])c(OC([2H])([2H])C(O)CCC([2H])([2H])C([2H])([2H])c2c([2H])c([2H])c(OC)c(OC([2H])([2H])[2H])c2[2H])c1[2H]. The van der Waals surface area contributed by atoms with Crippen LogP contribution in [0.5, 0.6) is 17.2 Å². The van der Waals surface area contributed by atoms with Crippen LogP contribution in [-0.4, -0.2) is 31.9 Å². The van der Waals surface area contributed by atoms with E-state index in [1.165, 1.54) is 6.92 Å². The lowest BCUT2D eigenvalue weighted by molar-refractivity contribution is 0.0976. The summed E-state index contributed by atoms with van der Waals surface area (Å²) in [5, 5.41) is 10.5. The number of ether oxygens (including phenoxy) is 3. The van der Waals surface area contributed by atoms with E-state index in [0.717, 1.165) is 7.11 Å². The molecule has 1 N–H and O–H groups in total. The summed E-state index contributed by atoms with van der Waals surface area (Å²) in [7, 11) is -2.17. The zero-order chi connectivity index (χ0) is 32.0. The van der Waals surface area contributed by atoms with Crippen molar-refractivity contribution in [3.8, 4) is 17.2 Å². The Morgan fingerprint density at radius 3 is 2.88 bits per heavy atom. The van der Waals surface area contributed by atoms with Gasteiger partial charge >= 0.3 is 0 Å². The van der Waals surface area contributed by atoms with E-state index < -0.39 is 110 Å². The van der Waals surface area contributed by atoms with Gasteiger partial charge in [-0.15, -0.1) is 0 Å². The average Bonchev–Trinajstić information content (AvgIpc) is 2.85. The molecule has 0 aliphatic carbocycles. The molecule has 0 saturated heterocycles. The Kier molecular flexibility index (Phi) is 2.72. The molecule has 4 nitrogen and oxygen atoms in total. The van der Waals surface area contributed by atoms with E-state index >= 15 is 0 Å². The van der Waals surface area contributed by atoms with Gasteiger partial charge in [-0.25, -0.2) is 0 Å². The predicted octanol–water partition coefficient (Wildman–Crippen LogP) is 4.16. The molecule has 0 amide bonds. The molecule has 0 spiro atoms. The van der Waals surface area contributed by atoms with Crippen molar-refractivity contribution in [2.24, 2.45) is 0 Å². The van der Waals surface area contributed by atoms with Gasteiger partial charge in [0.25, 0.3) is 0 Å². The largest absolute Gasteiger partial charge is 0.493 e. The number of hydrogen-bond donors (Lipinski definition) is 1. The minimum atomic E-state index is -3.28. The number of methoxy groups -OCH3 is 2. The highest BCUT2D eigenvalue weighted by Gasteiger charge is 2.07. The zero-order valence-corrected chi connectivity index (χ0v) is 13.7. The summed E-state index contributed by atoms with van der Waals surface area (Å²) in [6, 6.07) is -5.34. The van der Waals surface area contributed by atoms with Crippen LogP contribution >= 0.6 is 0 Å². The molecule has 1 atom stereocenters. The van der Waals surface area contributed by atoms with Crippen molar-refractivity contribution in [3.63, 3.8) is 0 Å². The molecule has 0 bridgehead atoms. The molecule has 0 aliphatic rings. The van der Waals surface area contributed by atoms with Crippen LogP contribution in [0.4, 0.5) is 0 Å². The highest BCUT2D eigenvalue weighted by Crippen LogP contribution is 2.28. The molecule has 2 aromatic carbocycles. The number of benzene rings is 2. The summed E-state index contributed by atoms with van der Waals surface area (Å²) in [5.41, 5.74) is -1.11. The third-order valence-corrected chi connectivity index (χ3v) is 2.83. The van der Waals surface area contributed by atoms with Gasteiger partial charge in [0.2, 0.25) is 0 Å². The highest BCUT2D eigenvalue weighted by molar-refractivity contribution is 5.42. The first kappa shape index (κ1) is 6.84. The van der Waals surface area contributed by atoms with Gasteiger partial charge in [0.05, 0.1) is 36.7 Å². The minimum Gasteiger partial charge on any atom is -0.493 e. The maximum atomic E-state index is 10.5. The van der Waals surface area contributed by atoms with Crippen LogP contribution in [0.1, 0.15) is 52.3 Å². The number of rotatable bonds is 10. The van der Waals surface area contributed by atoms with Gasteiger partial charge in [-0.05, 0) is 61.4 Å². The molecule has 0 aliphatic heterocycles. The van der Waals surface area contributed by atoms with Gasteiger partial charge in [-0.3, -0.25) is 0 Å². The lowest BCUT2D eigenvalue weighted by Crippen LogP contribution is -2.17. The van der Waals surface area contributed by atoms with Crippen LogP contribution in [0, 0.1) is 6.92 Å². The molecule has 4 heteroatoms. The Bertz CT molecular complexity index is 1280. The third-order valence-electron chi connectivity index (χ3n) is 2.83. The fourth-order valence-electron chi connectivity index (χ4n) is 1.67. The predicted molar refractivity (Wildman–Crippen MR) is 99.8 cm³/mol. The Hall–Kier alpha value is -2.20. The number of aliphatic hydroxyl groups is 1. The summed E-state index contributed by atoms with van der Waals surface area (Å²) < 4.78 is 142. The standard InChI is InChI=1S/C21H28O4/c1-16-7-6-10-19(13-16)25-15-18(22)9-5-4-8-17-11-12-20(23-2)21(14-17)24-3/h6-7,10-14,18,22H,4-5,8-9,15H2,1-3H3/i3D3,4D2,6D,7D,8D2,10D,11D,12D,13D,14D,15D2. The first-order chi connectivity index (χ1) is 18.4. The van der Waals surface area contributed by atoms with Crippen molar-refractivity contribution in [3.05, 3.63) is 53.4 Å². The van der Waals surface area contributed by atoms with Crippen LogP contribution in [-0.2, 0) is 6.37 Å². The van der Waals surface area contributed by atoms with E-state index in [4.69, 9.17) is 36.1 Å². The second kappa shape index (κ2) is 9.94. The van der Waals surface area contributed by atoms with E-state index in [1.807, 2.05) is 0 Å². The quantitative estimate of drug-likeness (QED) is 0.691. The second-order valence-corrected chi connectivity index (χ2v) is 4.74. The van der Waals surface area contributed by atoms with Crippen LogP contribution in [0.2, 0.25) is 0 Å². The van der Waals surface area contributed by atoms with Crippen LogP contribution in [0.3, 0.4) is 0 Å². The van der Waals surface area contributed by atoms with E-state index in [9.17, 15) is 5.11 Å². The molecule has 2 rings (SSSR count). The molecule has 0 fully saturated rings. The minimum absolute atomic E-state index is 0.0803. The lowest BCUT2D eigenvalue weighted by atomic mass is 10.0. The van der Waals surface area contributed by atoms with E-state index in [1.54, 1.807) is 0 Å². The van der Waals surface area contributed by atoms with Gasteiger partial charge in [0.15, 0.2) is 11.5 Å². The van der Waals surface area contributed by atoms with Gasteiger partial charge in [-0.1, -0.05) is 24.5 Å². The average molecular weight is 361 g/mol. The van der Waals surface area contributed by atoms with Gasteiger partial charge in [0, 0.05) is 5.48 Å². The van der Waals surface area contributed by atoms with Crippen molar-refractivity contribution in [2.45, 2.75) is 38.6 Å². The first-order valence-corrected chi connectivity index (χ1v) is 7.24. The van der Waals surface area contributed by atoms with Gasteiger partial charge in [-0.2, -0.15) is 0 Å². The summed E-state index contributed by atoms with van der Waals surface area (Å²) >= 11 is 0. The summed E-state index contributed by atoms with van der Waals surface area (Å²) in [6.45, 7) is -1.79. The molecule has 136 valence electrons. The maximum Gasteiger partial charge on any atom is 0.160 e. The molecule has 0 heterocycles. The number of aliphatic hydroxyl groups excluding tert-OH is 1. The molecule has 0 aromatic heterocycles. The Balaban J connectivity index is 2.44. The van der Waals surface area contributed by atoms with E-state index in [-0.39, 0.29) is 5.56 Å². The highest BCUT2D eigenvalue weighted by atomic mass is 16.5. The summed E-state index contributed by atoms with van der Waals surface area (Å²) in [5.74, 6) is -2.29. The monoisotopic (exact) mass is 360 g/mol. The van der Waals surface area contributed by atoms with Gasteiger partial charge < -0.3 is 19.3 Å². The Morgan fingerprint density at radius 1 is 1.20 bits per heavy atom.